The first-order chi connectivity index (χ1) is 18.3. The van der Waals surface area contributed by atoms with Crippen LogP contribution in [0.2, 0.25) is 0 Å². The smallest absolute Gasteiger partial charge is 0.251 e. The van der Waals surface area contributed by atoms with E-state index in [1.165, 1.54) is 11.6 Å². The van der Waals surface area contributed by atoms with Gasteiger partial charge in [0.1, 0.15) is 5.82 Å². The van der Waals surface area contributed by atoms with Gasteiger partial charge in [0.15, 0.2) is 0 Å². The summed E-state index contributed by atoms with van der Waals surface area (Å²) in [4.78, 5) is 21.2. The van der Waals surface area contributed by atoms with Gasteiger partial charge in [-0.15, -0.1) is 0 Å². The molecule has 2 aromatic heterocycles. The molecule has 0 aliphatic rings. The third-order valence-corrected chi connectivity index (χ3v) is 6.76. The van der Waals surface area contributed by atoms with Crippen molar-refractivity contribution in [1.82, 2.24) is 19.9 Å². The van der Waals surface area contributed by atoms with Gasteiger partial charge in [-0.05, 0) is 59.4 Å². The summed E-state index contributed by atoms with van der Waals surface area (Å²) in [5.41, 5.74) is 6.56. The molecule has 6 nitrogen and oxygen atoms in total. The summed E-state index contributed by atoms with van der Waals surface area (Å²) in [5.74, 6) is -0.435. The molecule has 0 radical (unpaired) electrons. The van der Waals surface area contributed by atoms with Crippen molar-refractivity contribution >= 4 is 16.9 Å². The zero-order valence-corrected chi connectivity index (χ0v) is 21.5. The van der Waals surface area contributed by atoms with E-state index in [1.807, 2.05) is 60.0 Å². The van der Waals surface area contributed by atoms with Crippen molar-refractivity contribution in [2.75, 3.05) is 0 Å². The van der Waals surface area contributed by atoms with Gasteiger partial charge in [0.2, 0.25) is 5.88 Å². The summed E-state index contributed by atoms with van der Waals surface area (Å²) in [6.07, 6.45) is 2.74. The number of rotatable bonds is 7. The Balaban J connectivity index is 1.29. The van der Waals surface area contributed by atoms with Gasteiger partial charge in [-0.25, -0.2) is 14.4 Å². The van der Waals surface area contributed by atoms with E-state index in [9.17, 15) is 14.3 Å². The molecule has 0 saturated heterocycles. The number of halogens is 1. The van der Waals surface area contributed by atoms with E-state index in [2.05, 4.69) is 41.3 Å². The van der Waals surface area contributed by atoms with Crippen LogP contribution in [0.3, 0.4) is 0 Å². The fraction of sp³-hybridized carbons (Fsp3) is 0.194. The van der Waals surface area contributed by atoms with Crippen molar-refractivity contribution in [2.24, 2.45) is 0 Å². The molecule has 7 heteroatoms. The highest BCUT2D eigenvalue weighted by molar-refractivity contribution is 5.97. The molecule has 5 aromatic rings. The maximum absolute atomic E-state index is 13.6. The van der Waals surface area contributed by atoms with Gasteiger partial charge in [0, 0.05) is 17.7 Å². The Kier molecular flexibility index (Phi) is 6.92. The van der Waals surface area contributed by atoms with Crippen molar-refractivity contribution in [2.45, 2.75) is 39.3 Å². The Morgan fingerprint density at radius 2 is 1.74 bits per heavy atom. The Labute approximate surface area is 220 Å². The highest BCUT2D eigenvalue weighted by Crippen LogP contribution is 2.28. The Morgan fingerprint density at radius 1 is 0.974 bits per heavy atom. The fourth-order valence-corrected chi connectivity index (χ4v) is 4.51. The standard InChI is InChI=1S/C31H29FN4O2/c1-19(2)23-5-4-6-24(13-23)20(3)35-30(37)25-11-12-29-28(14-25)34-18-36(29)17-21-7-9-22(10-8-21)27-15-26(32)16-33-31(27)38/h4-16,18-20H,17H2,1-3H3,(H,33,38)(H,35,37). The van der Waals surface area contributed by atoms with Gasteiger partial charge in [-0.2, -0.15) is 0 Å². The molecule has 0 aliphatic carbocycles. The molecule has 1 atom stereocenters. The van der Waals surface area contributed by atoms with Gasteiger partial charge < -0.3 is 15.0 Å². The minimum Gasteiger partial charge on any atom is -0.493 e. The van der Waals surface area contributed by atoms with Crippen molar-refractivity contribution in [1.29, 1.82) is 0 Å². The Bertz CT molecular complexity index is 1610. The average Bonchev–Trinajstić information content (AvgIpc) is 3.32. The lowest BCUT2D eigenvalue weighted by Crippen LogP contribution is -2.26. The van der Waals surface area contributed by atoms with Crippen LogP contribution in [-0.4, -0.2) is 25.5 Å². The SMILES string of the molecule is CC(C)c1cccc(C(C)NC(=O)c2ccc3c(c2)ncn3Cc2ccc(-c3cc(F)cnc3O)cc2)c1. The summed E-state index contributed by atoms with van der Waals surface area (Å²) in [7, 11) is 0. The van der Waals surface area contributed by atoms with E-state index in [0.717, 1.165) is 28.4 Å². The summed E-state index contributed by atoms with van der Waals surface area (Å²) >= 11 is 0. The number of hydrogen-bond acceptors (Lipinski definition) is 4. The molecule has 2 N–H and O–H groups in total. The first-order valence-electron chi connectivity index (χ1n) is 12.6. The third-order valence-electron chi connectivity index (χ3n) is 6.76. The van der Waals surface area contributed by atoms with Crippen LogP contribution < -0.4 is 5.32 Å². The fourth-order valence-electron chi connectivity index (χ4n) is 4.51. The number of pyridine rings is 1. The normalized spacial score (nSPS) is 12.1. The van der Waals surface area contributed by atoms with E-state index in [-0.39, 0.29) is 17.8 Å². The van der Waals surface area contributed by atoms with Crippen LogP contribution in [-0.2, 0) is 6.54 Å². The molecule has 0 saturated carbocycles. The summed E-state index contributed by atoms with van der Waals surface area (Å²) < 4.78 is 15.6. The summed E-state index contributed by atoms with van der Waals surface area (Å²) in [5, 5.41) is 13.1. The average molecular weight is 509 g/mol. The van der Waals surface area contributed by atoms with Crippen LogP contribution in [0, 0.1) is 5.82 Å². The molecule has 0 fully saturated rings. The topological polar surface area (TPSA) is 80.0 Å². The van der Waals surface area contributed by atoms with E-state index in [1.54, 1.807) is 12.4 Å². The van der Waals surface area contributed by atoms with Crippen LogP contribution in [0.5, 0.6) is 5.88 Å². The van der Waals surface area contributed by atoms with E-state index in [4.69, 9.17) is 0 Å². The molecular weight excluding hydrogens is 479 g/mol. The molecule has 1 amide bonds. The second kappa shape index (κ2) is 10.5. The first kappa shape index (κ1) is 25.1. The van der Waals surface area contributed by atoms with Crippen LogP contribution >= 0.6 is 0 Å². The maximum atomic E-state index is 13.6. The number of aromatic hydroxyl groups is 1. The van der Waals surface area contributed by atoms with Crippen LogP contribution in [0.25, 0.3) is 22.2 Å². The van der Waals surface area contributed by atoms with Crippen molar-refractivity contribution in [3.8, 4) is 17.0 Å². The molecule has 0 spiro atoms. The van der Waals surface area contributed by atoms with Crippen molar-refractivity contribution in [3.05, 3.63) is 113 Å². The van der Waals surface area contributed by atoms with Crippen LogP contribution in [0.4, 0.5) is 4.39 Å². The molecule has 5 rings (SSSR count). The number of nitrogens with zero attached hydrogens (tertiary/aromatic N) is 3. The summed E-state index contributed by atoms with van der Waals surface area (Å²) in [6, 6.07) is 22.5. The molecule has 192 valence electrons. The number of hydrogen-bond donors (Lipinski definition) is 2. The predicted molar refractivity (Wildman–Crippen MR) is 147 cm³/mol. The lowest BCUT2D eigenvalue weighted by molar-refractivity contribution is 0.0940. The number of benzene rings is 3. The number of carbonyl (C=O) groups excluding carboxylic acids is 1. The first-order valence-corrected chi connectivity index (χ1v) is 12.6. The van der Waals surface area contributed by atoms with E-state index in [0.29, 0.717) is 29.2 Å². The van der Waals surface area contributed by atoms with Gasteiger partial charge in [-0.3, -0.25) is 4.79 Å². The number of aromatic nitrogens is 3. The molecule has 1 unspecified atom stereocenters. The van der Waals surface area contributed by atoms with Crippen molar-refractivity contribution in [3.63, 3.8) is 0 Å². The molecule has 38 heavy (non-hydrogen) atoms. The number of fused-ring (bicyclic) bond motifs is 1. The highest BCUT2D eigenvalue weighted by Gasteiger charge is 2.15. The molecule has 3 aromatic carbocycles. The second-order valence-electron chi connectivity index (χ2n) is 9.82. The number of nitrogens with one attached hydrogen (secondary N) is 1. The molecular formula is C31H29FN4O2. The number of carbonyl (C=O) groups is 1. The largest absolute Gasteiger partial charge is 0.493 e. The number of amides is 1. The molecule has 0 aliphatic heterocycles. The van der Waals surface area contributed by atoms with Crippen LogP contribution in [0.15, 0.2) is 85.3 Å². The molecule has 2 heterocycles. The van der Waals surface area contributed by atoms with Crippen molar-refractivity contribution < 1.29 is 14.3 Å². The minimum atomic E-state index is -0.505. The van der Waals surface area contributed by atoms with Gasteiger partial charge in [-0.1, -0.05) is 62.4 Å². The van der Waals surface area contributed by atoms with E-state index < -0.39 is 5.82 Å². The Morgan fingerprint density at radius 3 is 2.50 bits per heavy atom. The summed E-state index contributed by atoms with van der Waals surface area (Å²) in [6.45, 7) is 6.87. The maximum Gasteiger partial charge on any atom is 0.251 e. The van der Waals surface area contributed by atoms with Crippen LogP contribution in [0.1, 0.15) is 59.8 Å². The lowest BCUT2D eigenvalue weighted by Gasteiger charge is -2.16. The third kappa shape index (κ3) is 5.27. The highest BCUT2D eigenvalue weighted by atomic mass is 19.1. The predicted octanol–water partition coefficient (Wildman–Crippen LogP) is 6.61. The number of imidazole rings is 1. The monoisotopic (exact) mass is 508 g/mol. The van der Waals surface area contributed by atoms with Gasteiger partial charge in [0.05, 0.1) is 29.6 Å². The van der Waals surface area contributed by atoms with E-state index >= 15 is 0 Å². The van der Waals surface area contributed by atoms with Gasteiger partial charge >= 0.3 is 0 Å². The zero-order chi connectivity index (χ0) is 26.8. The Hall–Kier alpha value is -4.52. The molecule has 0 bridgehead atoms. The lowest BCUT2D eigenvalue weighted by atomic mass is 9.98. The quantitative estimate of drug-likeness (QED) is 0.259. The zero-order valence-electron chi connectivity index (χ0n) is 21.5. The minimum absolute atomic E-state index is 0.123. The van der Waals surface area contributed by atoms with Gasteiger partial charge in [0.25, 0.3) is 5.91 Å². The second-order valence-corrected chi connectivity index (χ2v) is 9.82.